The summed E-state index contributed by atoms with van der Waals surface area (Å²) in [5.74, 6) is 0.581. The molecule has 4 heterocycles. The fraction of sp³-hybridized carbons (Fsp3) is 0.333. The third-order valence-corrected chi connectivity index (χ3v) is 6.23. The summed E-state index contributed by atoms with van der Waals surface area (Å²) in [7, 11) is 1.91. The molecule has 1 saturated heterocycles. The zero-order valence-electron chi connectivity index (χ0n) is 13.9. The number of hydrogen-bond acceptors (Lipinski definition) is 4. The van der Waals surface area contributed by atoms with Crippen LogP contribution in [0.5, 0.6) is 0 Å². The SMILES string of the molecule is Cn1cc2cc(-c3cn4cc(C5CCNCC5)nc4s3)cc(Cl)c2n1. The highest BCUT2D eigenvalue weighted by molar-refractivity contribution is 7.20. The maximum absolute atomic E-state index is 6.43. The van der Waals surface area contributed by atoms with Gasteiger partial charge >= 0.3 is 0 Å². The molecule has 3 aromatic heterocycles. The lowest BCUT2D eigenvalue weighted by molar-refractivity contribution is 0.454. The Hall–Kier alpha value is -1.89. The molecule has 1 fully saturated rings. The number of nitrogens with zero attached hydrogens (tertiary/aromatic N) is 4. The van der Waals surface area contributed by atoms with Crippen LogP contribution in [0.4, 0.5) is 0 Å². The average molecular weight is 372 g/mol. The van der Waals surface area contributed by atoms with Crippen LogP contribution in [0.2, 0.25) is 5.02 Å². The minimum atomic E-state index is 0.581. The van der Waals surface area contributed by atoms with Crippen molar-refractivity contribution in [2.75, 3.05) is 13.1 Å². The van der Waals surface area contributed by atoms with Gasteiger partial charge < -0.3 is 5.32 Å². The van der Waals surface area contributed by atoms with Crippen LogP contribution in [-0.4, -0.2) is 32.3 Å². The number of halogens is 1. The number of piperidine rings is 1. The molecule has 7 heteroatoms. The van der Waals surface area contributed by atoms with Crippen molar-refractivity contribution in [2.24, 2.45) is 7.05 Å². The van der Waals surface area contributed by atoms with E-state index >= 15 is 0 Å². The molecule has 1 N–H and O–H groups in total. The van der Waals surface area contributed by atoms with E-state index in [-0.39, 0.29) is 0 Å². The summed E-state index contributed by atoms with van der Waals surface area (Å²) in [6.45, 7) is 2.18. The van der Waals surface area contributed by atoms with Crippen LogP contribution in [-0.2, 0) is 7.05 Å². The Morgan fingerprint density at radius 2 is 2.04 bits per heavy atom. The van der Waals surface area contributed by atoms with Gasteiger partial charge in [-0.3, -0.25) is 9.08 Å². The first-order valence-electron chi connectivity index (χ1n) is 8.50. The van der Waals surface area contributed by atoms with Gasteiger partial charge in [-0.1, -0.05) is 22.9 Å². The summed E-state index contributed by atoms with van der Waals surface area (Å²) in [4.78, 5) is 7.10. The van der Waals surface area contributed by atoms with Crippen molar-refractivity contribution in [2.45, 2.75) is 18.8 Å². The maximum Gasteiger partial charge on any atom is 0.194 e. The smallest absolute Gasteiger partial charge is 0.194 e. The van der Waals surface area contributed by atoms with Gasteiger partial charge in [0.15, 0.2) is 4.96 Å². The minimum Gasteiger partial charge on any atom is -0.317 e. The molecule has 0 unspecified atom stereocenters. The van der Waals surface area contributed by atoms with Crippen molar-refractivity contribution < 1.29 is 0 Å². The summed E-state index contributed by atoms with van der Waals surface area (Å²) in [6, 6.07) is 4.14. The second-order valence-electron chi connectivity index (χ2n) is 6.67. The topological polar surface area (TPSA) is 47.1 Å². The first-order chi connectivity index (χ1) is 12.2. The summed E-state index contributed by atoms with van der Waals surface area (Å²) >= 11 is 8.13. The van der Waals surface area contributed by atoms with E-state index in [0.29, 0.717) is 10.9 Å². The molecule has 5 rings (SSSR count). The van der Waals surface area contributed by atoms with Crippen molar-refractivity contribution in [3.8, 4) is 10.4 Å². The van der Waals surface area contributed by atoms with Gasteiger partial charge in [-0.25, -0.2) is 4.98 Å². The first-order valence-corrected chi connectivity index (χ1v) is 9.69. The molecule has 4 aromatic rings. The lowest BCUT2D eigenvalue weighted by atomic mass is 9.95. The van der Waals surface area contributed by atoms with E-state index in [0.717, 1.165) is 34.5 Å². The van der Waals surface area contributed by atoms with Gasteiger partial charge in [0.05, 0.1) is 15.6 Å². The molecule has 0 saturated carbocycles. The summed E-state index contributed by atoms with van der Waals surface area (Å²) in [6.07, 6.45) is 8.69. The van der Waals surface area contributed by atoms with E-state index in [2.05, 4.69) is 33.3 Å². The Bertz CT molecular complexity index is 1040. The average Bonchev–Trinajstić information content (AvgIpc) is 3.27. The zero-order chi connectivity index (χ0) is 17.0. The van der Waals surface area contributed by atoms with Gasteiger partial charge in [-0.15, -0.1) is 0 Å². The van der Waals surface area contributed by atoms with Crippen LogP contribution in [0.25, 0.3) is 26.3 Å². The molecule has 0 spiro atoms. The van der Waals surface area contributed by atoms with Crippen LogP contribution in [0.15, 0.2) is 30.7 Å². The second-order valence-corrected chi connectivity index (χ2v) is 8.09. The van der Waals surface area contributed by atoms with E-state index in [1.54, 1.807) is 16.0 Å². The maximum atomic E-state index is 6.43. The van der Waals surface area contributed by atoms with Crippen molar-refractivity contribution in [1.82, 2.24) is 24.5 Å². The highest BCUT2D eigenvalue weighted by Crippen LogP contribution is 2.35. The van der Waals surface area contributed by atoms with Crippen molar-refractivity contribution in [1.29, 1.82) is 0 Å². The summed E-state index contributed by atoms with van der Waals surface area (Å²) < 4.78 is 3.95. The number of thiazole rings is 1. The van der Waals surface area contributed by atoms with E-state index in [9.17, 15) is 0 Å². The molecule has 0 amide bonds. The molecule has 1 aromatic carbocycles. The Labute approximate surface area is 154 Å². The lowest BCUT2D eigenvalue weighted by Gasteiger charge is -2.20. The molecule has 0 bridgehead atoms. The quantitative estimate of drug-likeness (QED) is 0.577. The molecule has 1 aliphatic heterocycles. The van der Waals surface area contributed by atoms with E-state index < -0.39 is 0 Å². The van der Waals surface area contributed by atoms with Crippen molar-refractivity contribution >= 4 is 38.8 Å². The van der Waals surface area contributed by atoms with Crippen LogP contribution < -0.4 is 5.32 Å². The standard InChI is InChI=1S/C18H18ClN5S/c1-23-8-13-6-12(7-14(19)17(13)22-23)16-10-24-9-15(21-18(24)25-16)11-2-4-20-5-3-11/h6-11,20H,2-5H2,1H3. The Balaban J connectivity index is 1.53. The fourth-order valence-corrected chi connectivity index (χ4v) is 4.84. The fourth-order valence-electron chi connectivity index (χ4n) is 3.62. The number of hydrogen-bond donors (Lipinski definition) is 1. The number of benzene rings is 1. The first kappa shape index (κ1) is 15.4. The monoisotopic (exact) mass is 371 g/mol. The number of aromatic nitrogens is 4. The Morgan fingerprint density at radius 1 is 1.20 bits per heavy atom. The highest BCUT2D eigenvalue weighted by Gasteiger charge is 2.19. The van der Waals surface area contributed by atoms with E-state index in [4.69, 9.17) is 16.6 Å². The predicted molar refractivity (Wildman–Crippen MR) is 103 cm³/mol. The van der Waals surface area contributed by atoms with Gasteiger partial charge in [-0.2, -0.15) is 5.10 Å². The van der Waals surface area contributed by atoms with Gasteiger partial charge in [0.2, 0.25) is 0 Å². The predicted octanol–water partition coefficient (Wildman–Crippen LogP) is 4.07. The number of aryl methyl sites for hydroxylation is 1. The number of imidazole rings is 1. The highest BCUT2D eigenvalue weighted by atomic mass is 35.5. The zero-order valence-corrected chi connectivity index (χ0v) is 15.4. The van der Waals surface area contributed by atoms with Crippen LogP contribution >= 0.6 is 22.9 Å². The molecule has 128 valence electrons. The third kappa shape index (κ3) is 2.65. The van der Waals surface area contributed by atoms with Crippen LogP contribution in [0, 0.1) is 0 Å². The molecule has 1 aliphatic rings. The number of rotatable bonds is 2. The molecule has 0 radical (unpaired) electrons. The number of fused-ring (bicyclic) bond motifs is 2. The molecule has 0 aliphatic carbocycles. The molecule has 25 heavy (non-hydrogen) atoms. The van der Waals surface area contributed by atoms with Crippen LogP contribution in [0.3, 0.4) is 0 Å². The van der Waals surface area contributed by atoms with Crippen molar-refractivity contribution in [3.05, 3.63) is 41.4 Å². The molecular weight excluding hydrogens is 354 g/mol. The number of nitrogens with one attached hydrogen (secondary N) is 1. The van der Waals surface area contributed by atoms with E-state index in [1.807, 2.05) is 19.3 Å². The molecule has 5 nitrogen and oxygen atoms in total. The van der Waals surface area contributed by atoms with Crippen molar-refractivity contribution in [3.63, 3.8) is 0 Å². The molecule has 0 atom stereocenters. The van der Waals surface area contributed by atoms with Gasteiger partial charge in [0.1, 0.15) is 5.52 Å². The second kappa shape index (κ2) is 5.83. The summed E-state index contributed by atoms with van der Waals surface area (Å²) in [5.41, 5.74) is 3.19. The van der Waals surface area contributed by atoms with Gasteiger partial charge in [-0.05, 0) is 43.6 Å². The third-order valence-electron chi connectivity index (χ3n) is 4.89. The Morgan fingerprint density at radius 3 is 2.84 bits per heavy atom. The molecular formula is C18H18ClN5S. The van der Waals surface area contributed by atoms with Gasteiger partial charge in [0.25, 0.3) is 0 Å². The largest absolute Gasteiger partial charge is 0.317 e. The van der Waals surface area contributed by atoms with E-state index in [1.165, 1.54) is 23.4 Å². The lowest BCUT2D eigenvalue weighted by Crippen LogP contribution is -2.26. The summed E-state index contributed by atoms with van der Waals surface area (Å²) in [5, 5.41) is 9.57. The minimum absolute atomic E-state index is 0.581. The van der Waals surface area contributed by atoms with Gasteiger partial charge in [0, 0.05) is 36.9 Å². The Kier molecular flexibility index (Phi) is 3.58. The normalized spacial score (nSPS) is 16.2. The van der Waals surface area contributed by atoms with Crippen LogP contribution in [0.1, 0.15) is 24.5 Å².